The fraction of sp³-hybridized carbons (Fsp3) is 0.278. The summed E-state index contributed by atoms with van der Waals surface area (Å²) in [6.07, 6.45) is 2.18. The largest absolute Gasteiger partial charge is 0.353 e. The molecule has 2 aromatic carbocycles. The molecule has 0 aliphatic rings. The van der Waals surface area contributed by atoms with Gasteiger partial charge in [0, 0.05) is 6.04 Å². The van der Waals surface area contributed by atoms with Crippen LogP contribution >= 0.6 is 23.2 Å². The molecular weight excluding hydrogens is 317 g/mol. The molecule has 1 amide bonds. The number of benzene rings is 2. The van der Waals surface area contributed by atoms with E-state index in [2.05, 4.69) is 17.4 Å². The van der Waals surface area contributed by atoms with Crippen molar-refractivity contribution < 1.29 is 4.79 Å². The number of hydrogen-bond donors (Lipinski definition) is 1. The fourth-order valence-electron chi connectivity index (χ4n) is 2.26. The summed E-state index contributed by atoms with van der Waals surface area (Å²) in [4.78, 5) is 12.0. The zero-order chi connectivity index (χ0) is 15.9. The van der Waals surface area contributed by atoms with E-state index in [1.807, 2.05) is 31.2 Å². The van der Waals surface area contributed by atoms with Gasteiger partial charge >= 0.3 is 0 Å². The Hall–Kier alpha value is -1.51. The number of carbonyl (C=O) groups is 1. The molecule has 116 valence electrons. The number of carbonyl (C=O) groups excluding carboxylic acids is 1. The summed E-state index contributed by atoms with van der Waals surface area (Å²) < 4.78 is 0. The number of amides is 1. The Balaban J connectivity index is 1.79. The van der Waals surface area contributed by atoms with Gasteiger partial charge in [0.25, 0.3) is 0 Å². The van der Waals surface area contributed by atoms with E-state index in [-0.39, 0.29) is 11.9 Å². The number of nitrogens with one attached hydrogen (secondary N) is 1. The highest BCUT2D eigenvalue weighted by Crippen LogP contribution is 2.22. The molecule has 1 unspecified atom stereocenters. The van der Waals surface area contributed by atoms with Crippen molar-refractivity contribution in [3.8, 4) is 0 Å². The van der Waals surface area contributed by atoms with E-state index in [0.717, 1.165) is 18.4 Å². The summed E-state index contributed by atoms with van der Waals surface area (Å²) in [7, 11) is 0. The van der Waals surface area contributed by atoms with Crippen molar-refractivity contribution in [3.05, 3.63) is 69.7 Å². The van der Waals surface area contributed by atoms with E-state index in [0.29, 0.717) is 16.5 Å². The zero-order valence-electron chi connectivity index (χ0n) is 12.5. The molecule has 22 heavy (non-hydrogen) atoms. The Labute approximate surface area is 141 Å². The predicted molar refractivity (Wildman–Crippen MR) is 92.5 cm³/mol. The van der Waals surface area contributed by atoms with Crippen molar-refractivity contribution in [1.82, 2.24) is 5.32 Å². The number of aryl methyl sites for hydroxylation is 1. The lowest BCUT2D eigenvalue weighted by atomic mass is 10.1. The van der Waals surface area contributed by atoms with Gasteiger partial charge in [0.05, 0.1) is 16.5 Å². The molecule has 0 heterocycles. The van der Waals surface area contributed by atoms with Gasteiger partial charge in [-0.05, 0) is 43.0 Å². The Morgan fingerprint density at radius 2 is 1.77 bits per heavy atom. The molecule has 0 bridgehead atoms. The van der Waals surface area contributed by atoms with Crippen molar-refractivity contribution in [2.24, 2.45) is 0 Å². The first-order valence-corrected chi connectivity index (χ1v) is 8.07. The molecule has 1 N–H and O–H groups in total. The van der Waals surface area contributed by atoms with Crippen LogP contribution in [0.1, 0.15) is 24.5 Å². The highest BCUT2D eigenvalue weighted by atomic mass is 35.5. The number of hydrogen-bond acceptors (Lipinski definition) is 1. The molecule has 2 rings (SSSR count). The van der Waals surface area contributed by atoms with Crippen molar-refractivity contribution in [2.45, 2.75) is 32.2 Å². The number of rotatable bonds is 6. The summed E-state index contributed by atoms with van der Waals surface area (Å²) >= 11 is 11.8. The minimum Gasteiger partial charge on any atom is -0.353 e. The van der Waals surface area contributed by atoms with Gasteiger partial charge in [0.15, 0.2) is 0 Å². The second-order valence-electron chi connectivity index (χ2n) is 5.42. The van der Waals surface area contributed by atoms with Gasteiger partial charge in [-0.1, -0.05) is 59.6 Å². The second kappa shape index (κ2) is 8.21. The molecule has 0 saturated heterocycles. The quantitative estimate of drug-likeness (QED) is 0.816. The van der Waals surface area contributed by atoms with Crippen LogP contribution < -0.4 is 5.32 Å². The lowest BCUT2D eigenvalue weighted by Crippen LogP contribution is -2.34. The van der Waals surface area contributed by atoms with Crippen LogP contribution in [0, 0.1) is 0 Å². The molecule has 0 aromatic heterocycles. The van der Waals surface area contributed by atoms with Gasteiger partial charge in [0.2, 0.25) is 5.91 Å². The molecular formula is C18H19Cl2NO. The van der Waals surface area contributed by atoms with Crippen molar-refractivity contribution in [1.29, 1.82) is 0 Å². The molecule has 4 heteroatoms. The van der Waals surface area contributed by atoms with Crippen molar-refractivity contribution >= 4 is 29.1 Å². The van der Waals surface area contributed by atoms with Crippen LogP contribution in [0.5, 0.6) is 0 Å². The fourth-order valence-corrected chi connectivity index (χ4v) is 2.58. The molecule has 2 aromatic rings. The van der Waals surface area contributed by atoms with E-state index < -0.39 is 0 Å². The average molecular weight is 336 g/mol. The normalized spacial score (nSPS) is 12.0. The molecule has 0 spiro atoms. The molecule has 0 aliphatic carbocycles. The first-order chi connectivity index (χ1) is 10.5. The maximum atomic E-state index is 12.0. The summed E-state index contributed by atoms with van der Waals surface area (Å²) in [6.45, 7) is 2.02. The van der Waals surface area contributed by atoms with E-state index >= 15 is 0 Å². The highest BCUT2D eigenvalue weighted by molar-refractivity contribution is 6.42. The second-order valence-corrected chi connectivity index (χ2v) is 6.23. The van der Waals surface area contributed by atoms with Gasteiger partial charge in [0.1, 0.15) is 0 Å². The third kappa shape index (κ3) is 5.36. The van der Waals surface area contributed by atoms with E-state index in [9.17, 15) is 4.79 Å². The van der Waals surface area contributed by atoms with Crippen LogP contribution in [0.2, 0.25) is 10.0 Å². The van der Waals surface area contributed by atoms with E-state index in [1.165, 1.54) is 5.56 Å². The third-order valence-corrected chi connectivity index (χ3v) is 4.20. The standard InChI is InChI=1S/C18H19Cl2NO/c1-13(7-8-14-5-3-2-4-6-14)21-18(22)12-15-9-10-16(19)17(20)11-15/h2-6,9-11,13H,7-8,12H2,1H3,(H,21,22). The summed E-state index contributed by atoms with van der Waals surface area (Å²) in [5.74, 6) is -0.000971. The van der Waals surface area contributed by atoms with Crippen molar-refractivity contribution in [3.63, 3.8) is 0 Å². The average Bonchev–Trinajstić information content (AvgIpc) is 2.50. The minimum absolute atomic E-state index is 0.000971. The highest BCUT2D eigenvalue weighted by Gasteiger charge is 2.09. The molecule has 0 aliphatic heterocycles. The monoisotopic (exact) mass is 335 g/mol. The van der Waals surface area contributed by atoms with Gasteiger partial charge in [-0.2, -0.15) is 0 Å². The first kappa shape index (κ1) is 16.9. The Kier molecular flexibility index (Phi) is 6.29. The molecule has 0 saturated carbocycles. The van der Waals surface area contributed by atoms with Crippen LogP contribution in [-0.4, -0.2) is 11.9 Å². The Morgan fingerprint density at radius 1 is 1.05 bits per heavy atom. The van der Waals surface area contributed by atoms with E-state index in [1.54, 1.807) is 12.1 Å². The Bertz CT molecular complexity index is 628. The summed E-state index contributed by atoms with van der Waals surface area (Å²) in [5, 5.41) is 4.00. The Morgan fingerprint density at radius 3 is 2.45 bits per heavy atom. The van der Waals surface area contributed by atoms with Crippen LogP contribution in [0.3, 0.4) is 0 Å². The molecule has 0 fully saturated rings. The van der Waals surface area contributed by atoms with Crippen LogP contribution in [0.25, 0.3) is 0 Å². The lowest BCUT2D eigenvalue weighted by molar-refractivity contribution is -0.121. The van der Waals surface area contributed by atoms with Crippen LogP contribution in [0.4, 0.5) is 0 Å². The maximum absolute atomic E-state index is 12.0. The van der Waals surface area contributed by atoms with Crippen LogP contribution in [0.15, 0.2) is 48.5 Å². The first-order valence-electron chi connectivity index (χ1n) is 7.32. The topological polar surface area (TPSA) is 29.1 Å². The van der Waals surface area contributed by atoms with Gasteiger partial charge in [-0.15, -0.1) is 0 Å². The van der Waals surface area contributed by atoms with Crippen LogP contribution in [-0.2, 0) is 17.6 Å². The molecule has 1 atom stereocenters. The third-order valence-electron chi connectivity index (χ3n) is 3.46. The molecule has 2 nitrogen and oxygen atoms in total. The molecule has 0 radical (unpaired) electrons. The van der Waals surface area contributed by atoms with Gasteiger partial charge in [-0.25, -0.2) is 0 Å². The SMILES string of the molecule is CC(CCc1ccccc1)NC(=O)Cc1ccc(Cl)c(Cl)c1. The smallest absolute Gasteiger partial charge is 0.224 e. The minimum atomic E-state index is -0.000971. The maximum Gasteiger partial charge on any atom is 0.224 e. The zero-order valence-corrected chi connectivity index (χ0v) is 14.0. The van der Waals surface area contributed by atoms with Crippen molar-refractivity contribution in [2.75, 3.05) is 0 Å². The van der Waals surface area contributed by atoms with Gasteiger partial charge in [-0.3, -0.25) is 4.79 Å². The van der Waals surface area contributed by atoms with E-state index in [4.69, 9.17) is 23.2 Å². The van der Waals surface area contributed by atoms with Gasteiger partial charge < -0.3 is 5.32 Å². The summed E-state index contributed by atoms with van der Waals surface area (Å²) in [5.41, 5.74) is 2.15. The summed E-state index contributed by atoms with van der Waals surface area (Å²) in [6, 6.07) is 15.7. The lowest BCUT2D eigenvalue weighted by Gasteiger charge is -2.14. The predicted octanol–water partition coefficient (Wildman–Crippen LogP) is 4.67. The number of halogens is 2.